The van der Waals surface area contributed by atoms with Crippen LogP contribution in [0, 0.1) is 25.7 Å². The number of hydrogen-bond acceptors (Lipinski definition) is 7. The fraction of sp³-hybridized carbons (Fsp3) is 0.609. The third-order valence-electron chi connectivity index (χ3n) is 6.56. The molecule has 2 aromatic heterocycles. The number of rotatable bonds is 5. The van der Waals surface area contributed by atoms with Gasteiger partial charge < -0.3 is 19.5 Å². The van der Waals surface area contributed by atoms with Crippen molar-refractivity contribution in [3.8, 4) is 5.75 Å². The van der Waals surface area contributed by atoms with Crippen molar-refractivity contribution in [3.63, 3.8) is 0 Å². The van der Waals surface area contributed by atoms with Gasteiger partial charge in [-0.25, -0.2) is 0 Å². The number of aromatic nitrogens is 2. The number of likely N-dealkylation sites (tertiary alicyclic amines) is 1. The molecule has 2 N–H and O–H groups in total. The van der Waals surface area contributed by atoms with Gasteiger partial charge in [0.1, 0.15) is 17.6 Å². The third-order valence-corrected chi connectivity index (χ3v) is 6.56. The van der Waals surface area contributed by atoms with Crippen LogP contribution in [0.2, 0.25) is 0 Å². The fourth-order valence-corrected chi connectivity index (χ4v) is 4.90. The van der Waals surface area contributed by atoms with E-state index in [1.165, 1.54) is 12.8 Å². The first-order chi connectivity index (χ1) is 15.0. The predicted octanol–water partition coefficient (Wildman–Crippen LogP) is 2.91. The molecule has 31 heavy (non-hydrogen) atoms. The van der Waals surface area contributed by atoms with Gasteiger partial charge in [0.2, 0.25) is 0 Å². The van der Waals surface area contributed by atoms with Gasteiger partial charge in [0, 0.05) is 37.3 Å². The van der Waals surface area contributed by atoms with Crippen LogP contribution >= 0.6 is 0 Å². The van der Waals surface area contributed by atoms with E-state index in [0.29, 0.717) is 17.8 Å². The van der Waals surface area contributed by atoms with Crippen molar-refractivity contribution >= 4 is 6.47 Å². The summed E-state index contributed by atoms with van der Waals surface area (Å²) in [4.78, 5) is 15.3. The minimum absolute atomic E-state index is 0.155. The van der Waals surface area contributed by atoms with Crippen LogP contribution in [0.1, 0.15) is 54.4 Å². The summed E-state index contributed by atoms with van der Waals surface area (Å²) >= 11 is 0. The molecule has 8 heteroatoms. The molecule has 1 saturated heterocycles. The zero-order valence-electron chi connectivity index (χ0n) is 18.1. The number of pyridine rings is 1. The van der Waals surface area contributed by atoms with E-state index in [9.17, 15) is 5.11 Å². The van der Waals surface area contributed by atoms with Crippen molar-refractivity contribution in [1.29, 1.82) is 0 Å². The number of aryl methyl sites for hydroxylation is 2. The van der Waals surface area contributed by atoms with Gasteiger partial charge in [0.05, 0.1) is 17.5 Å². The van der Waals surface area contributed by atoms with Crippen molar-refractivity contribution in [1.82, 2.24) is 15.0 Å². The molecule has 5 rings (SSSR count). The zero-order chi connectivity index (χ0) is 22.0. The monoisotopic (exact) mass is 429 g/mol. The summed E-state index contributed by atoms with van der Waals surface area (Å²) in [6, 6.07) is 6.07. The number of carbonyl (C=O) groups is 1. The van der Waals surface area contributed by atoms with Crippen LogP contribution in [0.4, 0.5) is 0 Å². The Hall–Kier alpha value is -2.45. The lowest BCUT2D eigenvalue weighted by Crippen LogP contribution is -2.42. The van der Waals surface area contributed by atoms with Crippen molar-refractivity contribution in [3.05, 3.63) is 41.0 Å². The van der Waals surface area contributed by atoms with Crippen LogP contribution < -0.4 is 4.74 Å². The van der Waals surface area contributed by atoms with Crippen LogP contribution in [-0.2, 0) is 11.3 Å². The van der Waals surface area contributed by atoms with E-state index in [2.05, 4.69) is 21.1 Å². The molecule has 0 aromatic carbocycles. The molecule has 1 aliphatic heterocycles. The maximum absolute atomic E-state index is 10.7. The van der Waals surface area contributed by atoms with E-state index in [0.717, 1.165) is 61.1 Å². The van der Waals surface area contributed by atoms with Gasteiger partial charge in [-0.15, -0.1) is 0 Å². The summed E-state index contributed by atoms with van der Waals surface area (Å²) < 4.78 is 11.7. The van der Waals surface area contributed by atoms with E-state index < -0.39 is 6.10 Å². The maximum atomic E-state index is 10.7. The Morgan fingerprint density at radius 2 is 1.94 bits per heavy atom. The second-order valence-corrected chi connectivity index (χ2v) is 9.05. The molecule has 2 saturated carbocycles. The summed E-state index contributed by atoms with van der Waals surface area (Å²) in [5.74, 6) is 3.54. The standard InChI is InChI=1S/C22H29N3O3.CH2O2/c1-13-3-6-20(14(2)23-13)27-22-8-17-11-25(10-16(17)7-19(22)26)12-18-9-21(28-24-18)15-4-5-15;2-1-3/h3,6,9,15-17,19,22,26H,4-5,7-8,10-12H2,1-2H3;1H,(H,2,3)/t16-,17+,19+,22+;/m0./s1. The molecule has 3 fully saturated rings. The van der Waals surface area contributed by atoms with Crippen LogP contribution in [0.25, 0.3) is 0 Å². The Kier molecular flexibility index (Phi) is 6.57. The van der Waals surface area contributed by atoms with Gasteiger partial charge >= 0.3 is 0 Å². The van der Waals surface area contributed by atoms with Gasteiger partial charge in [0.15, 0.2) is 0 Å². The molecule has 8 nitrogen and oxygen atoms in total. The average molecular weight is 430 g/mol. The minimum Gasteiger partial charge on any atom is -0.486 e. The van der Waals surface area contributed by atoms with E-state index in [-0.39, 0.29) is 12.6 Å². The molecule has 2 aromatic rings. The van der Waals surface area contributed by atoms with Gasteiger partial charge in [-0.1, -0.05) is 5.16 Å². The van der Waals surface area contributed by atoms with Crippen LogP contribution in [0.3, 0.4) is 0 Å². The van der Waals surface area contributed by atoms with Gasteiger partial charge in [-0.2, -0.15) is 0 Å². The van der Waals surface area contributed by atoms with Crippen molar-refractivity contribution in [2.75, 3.05) is 13.1 Å². The number of aliphatic hydroxyl groups is 1. The Balaban J connectivity index is 0.000000730. The third kappa shape index (κ3) is 5.25. The molecule has 3 aliphatic rings. The molecule has 3 heterocycles. The summed E-state index contributed by atoms with van der Waals surface area (Å²) in [6.45, 7) is 6.59. The van der Waals surface area contributed by atoms with E-state index in [1.54, 1.807) is 0 Å². The number of carboxylic acid groups (broad SMARTS) is 1. The second-order valence-electron chi connectivity index (χ2n) is 9.05. The quantitative estimate of drug-likeness (QED) is 0.699. The largest absolute Gasteiger partial charge is 0.486 e. The highest BCUT2D eigenvalue weighted by molar-refractivity contribution is 5.32. The smallest absolute Gasteiger partial charge is 0.290 e. The Labute approximate surface area is 182 Å². The molecular weight excluding hydrogens is 398 g/mol. The summed E-state index contributed by atoms with van der Waals surface area (Å²) in [5.41, 5.74) is 2.91. The highest BCUT2D eigenvalue weighted by Gasteiger charge is 2.43. The summed E-state index contributed by atoms with van der Waals surface area (Å²) in [5, 5.41) is 21.8. The summed E-state index contributed by atoms with van der Waals surface area (Å²) in [7, 11) is 0. The first kappa shape index (κ1) is 21.8. The normalized spacial score (nSPS) is 27.8. The number of ether oxygens (including phenoxy) is 1. The van der Waals surface area contributed by atoms with Gasteiger partial charge in [-0.3, -0.25) is 14.7 Å². The van der Waals surface area contributed by atoms with Crippen molar-refractivity contribution in [2.24, 2.45) is 11.8 Å². The highest BCUT2D eigenvalue weighted by atomic mass is 16.5. The van der Waals surface area contributed by atoms with E-state index >= 15 is 0 Å². The van der Waals surface area contributed by atoms with Crippen molar-refractivity contribution in [2.45, 2.75) is 64.2 Å². The molecule has 4 atom stereocenters. The van der Waals surface area contributed by atoms with Crippen molar-refractivity contribution < 1.29 is 24.3 Å². The zero-order valence-corrected chi connectivity index (χ0v) is 18.1. The summed E-state index contributed by atoms with van der Waals surface area (Å²) in [6.07, 6.45) is 3.58. The van der Waals surface area contributed by atoms with Crippen LogP contribution in [-0.4, -0.2) is 57.0 Å². The lowest BCUT2D eigenvalue weighted by atomic mass is 9.78. The first-order valence-electron chi connectivity index (χ1n) is 11.0. The molecular formula is C23H31N3O5. The number of hydrogen-bond donors (Lipinski definition) is 2. The lowest BCUT2D eigenvalue weighted by Gasteiger charge is -2.35. The average Bonchev–Trinajstić information content (AvgIpc) is 3.35. The minimum atomic E-state index is -0.421. The number of aliphatic hydroxyl groups excluding tert-OH is 1. The molecule has 0 unspecified atom stereocenters. The van der Waals surface area contributed by atoms with E-state index in [1.807, 2.05) is 26.0 Å². The Morgan fingerprint density at radius 3 is 2.61 bits per heavy atom. The maximum Gasteiger partial charge on any atom is 0.290 e. The van der Waals surface area contributed by atoms with E-state index in [4.69, 9.17) is 19.2 Å². The lowest BCUT2D eigenvalue weighted by molar-refractivity contribution is -0.122. The molecule has 0 spiro atoms. The highest BCUT2D eigenvalue weighted by Crippen LogP contribution is 2.41. The molecule has 0 amide bonds. The Bertz CT molecular complexity index is 897. The molecule has 0 radical (unpaired) electrons. The number of nitrogens with zero attached hydrogens (tertiary/aromatic N) is 3. The van der Waals surface area contributed by atoms with Crippen LogP contribution in [0.5, 0.6) is 5.75 Å². The van der Waals surface area contributed by atoms with Gasteiger partial charge in [0.25, 0.3) is 6.47 Å². The Morgan fingerprint density at radius 1 is 1.23 bits per heavy atom. The predicted molar refractivity (Wildman–Crippen MR) is 113 cm³/mol. The molecule has 0 bridgehead atoms. The van der Waals surface area contributed by atoms with Gasteiger partial charge in [-0.05, 0) is 63.5 Å². The van der Waals surface area contributed by atoms with Crippen LogP contribution in [0.15, 0.2) is 22.7 Å². The SMILES string of the molecule is Cc1ccc(O[C@@H]2C[C@@H]3CN(Cc4cc(C5CC5)on4)C[C@@H]3C[C@H]2O)c(C)n1.O=CO. The fourth-order valence-electron chi connectivity index (χ4n) is 4.90. The first-order valence-corrected chi connectivity index (χ1v) is 11.0. The molecule has 2 aliphatic carbocycles. The topological polar surface area (TPSA) is 109 Å². The molecule has 168 valence electrons. The number of fused-ring (bicyclic) bond motifs is 1. The second kappa shape index (κ2) is 9.36.